The van der Waals surface area contributed by atoms with Crippen LogP contribution in [0.15, 0.2) is 18.2 Å². The number of nitrogens with two attached hydrogens (primary N) is 1. The molecule has 1 unspecified atom stereocenters. The molecule has 2 nitrogen and oxygen atoms in total. The first-order valence-corrected chi connectivity index (χ1v) is 5.03. The molecule has 0 aliphatic carbocycles. The van der Waals surface area contributed by atoms with Crippen LogP contribution in [-0.4, -0.2) is 13.7 Å². The van der Waals surface area contributed by atoms with Gasteiger partial charge in [0.25, 0.3) is 0 Å². The molecule has 0 amide bonds. The normalized spacial score (nSPS) is 12.9. The van der Waals surface area contributed by atoms with E-state index in [-0.39, 0.29) is 6.04 Å². The molecule has 0 aliphatic rings. The van der Waals surface area contributed by atoms with E-state index in [0.717, 1.165) is 6.42 Å². The lowest BCUT2D eigenvalue weighted by Gasteiger charge is -2.15. The number of rotatable bonds is 4. The summed E-state index contributed by atoms with van der Waals surface area (Å²) in [6.45, 7) is 4.81. The first-order valence-electron chi connectivity index (χ1n) is 5.03. The zero-order valence-electron chi connectivity index (χ0n) is 9.21. The van der Waals surface area contributed by atoms with Crippen LogP contribution in [0.5, 0.6) is 0 Å². The van der Waals surface area contributed by atoms with Gasteiger partial charge >= 0.3 is 0 Å². The molecule has 2 N–H and O–H groups in total. The molecule has 0 fully saturated rings. The predicted octanol–water partition coefficient (Wildman–Crippen LogP) is 2.20. The third-order valence-corrected chi connectivity index (χ3v) is 2.43. The Bertz CT molecular complexity index is 296. The van der Waals surface area contributed by atoms with Crippen molar-refractivity contribution < 1.29 is 4.74 Å². The van der Waals surface area contributed by atoms with E-state index in [2.05, 4.69) is 32.0 Å². The van der Waals surface area contributed by atoms with Gasteiger partial charge in [0, 0.05) is 7.11 Å². The number of hydrogen-bond acceptors (Lipinski definition) is 2. The molecule has 0 bridgehead atoms. The first-order chi connectivity index (χ1) is 6.69. The van der Waals surface area contributed by atoms with E-state index in [0.29, 0.717) is 6.61 Å². The summed E-state index contributed by atoms with van der Waals surface area (Å²) in [5, 5.41) is 0. The van der Waals surface area contributed by atoms with E-state index >= 15 is 0 Å². The number of hydrogen-bond donors (Lipinski definition) is 1. The number of benzene rings is 1. The van der Waals surface area contributed by atoms with E-state index in [1.807, 2.05) is 0 Å². The van der Waals surface area contributed by atoms with Crippen molar-refractivity contribution in [3.8, 4) is 0 Å². The van der Waals surface area contributed by atoms with Gasteiger partial charge < -0.3 is 10.5 Å². The highest BCUT2D eigenvalue weighted by Crippen LogP contribution is 2.18. The lowest BCUT2D eigenvalue weighted by molar-refractivity contribution is 0.180. The van der Waals surface area contributed by atoms with E-state index in [4.69, 9.17) is 10.5 Å². The monoisotopic (exact) mass is 193 g/mol. The topological polar surface area (TPSA) is 35.2 Å². The molecule has 1 aromatic carbocycles. The van der Waals surface area contributed by atoms with Crippen molar-refractivity contribution in [2.75, 3.05) is 13.7 Å². The van der Waals surface area contributed by atoms with Gasteiger partial charge in [0.05, 0.1) is 12.6 Å². The van der Waals surface area contributed by atoms with Crippen LogP contribution in [-0.2, 0) is 11.2 Å². The molecule has 0 spiro atoms. The minimum Gasteiger partial charge on any atom is -0.383 e. The molecule has 0 aromatic heterocycles. The van der Waals surface area contributed by atoms with E-state index in [1.165, 1.54) is 16.7 Å². The molecule has 0 heterocycles. The van der Waals surface area contributed by atoms with Crippen LogP contribution in [0.1, 0.15) is 29.7 Å². The predicted molar refractivity (Wildman–Crippen MR) is 59.4 cm³/mol. The van der Waals surface area contributed by atoms with Crippen molar-refractivity contribution >= 4 is 0 Å². The fraction of sp³-hybridized carbons (Fsp3) is 0.500. The van der Waals surface area contributed by atoms with Crippen molar-refractivity contribution in [3.63, 3.8) is 0 Å². The maximum Gasteiger partial charge on any atom is 0.0655 e. The quantitative estimate of drug-likeness (QED) is 0.795. The summed E-state index contributed by atoms with van der Waals surface area (Å²) in [5.41, 5.74) is 9.82. The Morgan fingerprint density at radius 2 is 2.14 bits per heavy atom. The van der Waals surface area contributed by atoms with Gasteiger partial charge in [0.1, 0.15) is 0 Å². The van der Waals surface area contributed by atoms with Crippen molar-refractivity contribution in [1.29, 1.82) is 0 Å². The fourth-order valence-electron chi connectivity index (χ4n) is 1.65. The van der Waals surface area contributed by atoms with Crippen molar-refractivity contribution in [2.45, 2.75) is 26.3 Å². The second-order valence-electron chi connectivity index (χ2n) is 3.62. The summed E-state index contributed by atoms with van der Waals surface area (Å²) < 4.78 is 5.07. The smallest absolute Gasteiger partial charge is 0.0655 e. The standard InChI is InChI=1S/C12H19NO/c1-4-10-6-5-9(2)7-11(10)12(13)8-14-3/h5-7,12H,4,8,13H2,1-3H3. The van der Waals surface area contributed by atoms with E-state index < -0.39 is 0 Å². The SMILES string of the molecule is CCc1ccc(C)cc1C(N)COC. The summed E-state index contributed by atoms with van der Waals surface area (Å²) in [7, 11) is 1.68. The molecule has 0 saturated carbocycles. The van der Waals surface area contributed by atoms with Crippen molar-refractivity contribution in [3.05, 3.63) is 34.9 Å². The molecule has 1 rings (SSSR count). The Morgan fingerprint density at radius 1 is 1.43 bits per heavy atom. The van der Waals surface area contributed by atoms with Gasteiger partial charge in [-0.3, -0.25) is 0 Å². The molecule has 0 saturated heterocycles. The highest BCUT2D eigenvalue weighted by molar-refractivity contribution is 5.33. The number of ether oxygens (including phenoxy) is 1. The molecule has 78 valence electrons. The Labute approximate surface area is 86.1 Å². The van der Waals surface area contributed by atoms with Crippen LogP contribution >= 0.6 is 0 Å². The zero-order chi connectivity index (χ0) is 10.6. The van der Waals surface area contributed by atoms with Gasteiger partial charge in [-0.1, -0.05) is 30.7 Å². The van der Waals surface area contributed by atoms with Crippen LogP contribution in [0.3, 0.4) is 0 Å². The molecular weight excluding hydrogens is 174 g/mol. The van der Waals surface area contributed by atoms with Crippen molar-refractivity contribution in [2.24, 2.45) is 5.73 Å². The van der Waals surface area contributed by atoms with Gasteiger partial charge in [-0.25, -0.2) is 0 Å². The second-order valence-corrected chi connectivity index (χ2v) is 3.62. The molecule has 1 aromatic rings. The summed E-state index contributed by atoms with van der Waals surface area (Å²) in [4.78, 5) is 0. The van der Waals surface area contributed by atoms with Gasteiger partial charge in [0.15, 0.2) is 0 Å². The van der Waals surface area contributed by atoms with Crippen LogP contribution in [0.25, 0.3) is 0 Å². The highest BCUT2D eigenvalue weighted by atomic mass is 16.5. The van der Waals surface area contributed by atoms with E-state index in [1.54, 1.807) is 7.11 Å². The molecule has 0 radical (unpaired) electrons. The summed E-state index contributed by atoms with van der Waals surface area (Å²) in [6, 6.07) is 6.43. The minimum absolute atomic E-state index is 0.00477. The molecule has 0 aliphatic heterocycles. The summed E-state index contributed by atoms with van der Waals surface area (Å²) >= 11 is 0. The maximum absolute atomic E-state index is 6.03. The second kappa shape index (κ2) is 5.13. The molecule has 14 heavy (non-hydrogen) atoms. The molecule has 1 atom stereocenters. The summed E-state index contributed by atoms with van der Waals surface area (Å²) in [6.07, 6.45) is 1.02. The molecule has 2 heteroatoms. The summed E-state index contributed by atoms with van der Waals surface area (Å²) in [5.74, 6) is 0. The van der Waals surface area contributed by atoms with Crippen LogP contribution in [0.2, 0.25) is 0 Å². The zero-order valence-corrected chi connectivity index (χ0v) is 9.21. The Hall–Kier alpha value is -0.860. The third kappa shape index (κ3) is 2.56. The highest BCUT2D eigenvalue weighted by Gasteiger charge is 2.09. The van der Waals surface area contributed by atoms with Gasteiger partial charge in [0.2, 0.25) is 0 Å². The lowest BCUT2D eigenvalue weighted by Crippen LogP contribution is -2.18. The minimum atomic E-state index is -0.00477. The largest absolute Gasteiger partial charge is 0.383 e. The van der Waals surface area contributed by atoms with Gasteiger partial charge in [-0.2, -0.15) is 0 Å². The Morgan fingerprint density at radius 3 is 2.71 bits per heavy atom. The average Bonchev–Trinajstić information content (AvgIpc) is 2.18. The fourth-order valence-corrected chi connectivity index (χ4v) is 1.65. The maximum atomic E-state index is 6.03. The molecular formula is C12H19NO. The van der Waals surface area contributed by atoms with Crippen molar-refractivity contribution in [1.82, 2.24) is 0 Å². The average molecular weight is 193 g/mol. The van der Waals surface area contributed by atoms with Gasteiger partial charge in [-0.15, -0.1) is 0 Å². The van der Waals surface area contributed by atoms with Crippen LogP contribution in [0, 0.1) is 6.92 Å². The Kier molecular flexibility index (Phi) is 4.11. The van der Waals surface area contributed by atoms with Crippen LogP contribution < -0.4 is 5.73 Å². The third-order valence-electron chi connectivity index (χ3n) is 2.43. The number of aryl methyl sites for hydroxylation is 2. The number of methoxy groups -OCH3 is 1. The van der Waals surface area contributed by atoms with E-state index in [9.17, 15) is 0 Å². The van der Waals surface area contributed by atoms with Gasteiger partial charge in [-0.05, 0) is 24.5 Å². The van der Waals surface area contributed by atoms with Crippen LogP contribution in [0.4, 0.5) is 0 Å². The lowest BCUT2D eigenvalue weighted by atomic mass is 9.97. The Balaban J connectivity index is 2.97. The first kappa shape index (κ1) is 11.2.